The Balaban J connectivity index is 2.66. The molecule has 0 aliphatic rings. The van der Waals surface area contributed by atoms with Crippen LogP contribution in [-0.4, -0.2) is 24.1 Å². The van der Waals surface area contributed by atoms with E-state index in [1.165, 1.54) is 4.88 Å². The van der Waals surface area contributed by atoms with Gasteiger partial charge in [0.15, 0.2) is 5.13 Å². The summed E-state index contributed by atoms with van der Waals surface area (Å²) in [4.78, 5) is 8.21. The van der Waals surface area contributed by atoms with E-state index in [-0.39, 0.29) is 0 Å². The SMILES string of the molecule is CCNCc1cnc(N(CC)C(C)CC)s1. The van der Waals surface area contributed by atoms with Crippen molar-refractivity contribution >= 4 is 16.5 Å². The van der Waals surface area contributed by atoms with Crippen molar-refractivity contribution in [2.75, 3.05) is 18.0 Å². The summed E-state index contributed by atoms with van der Waals surface area (Å²) in [6.45, 7) is 11.8. The number of hydrogen-bond donors (Lipinski definition) is 1. The van der Waals surface area contributed by atoms with Gasteiger partial charge in [-0.15, -0.1) is 11.3 Å². The maximum atomic E-state index is 4.51. The second kappa shape index (κ2) is 6.86. The van der Waals surface area contributed by atoms with Crippen LogP contribution in [0, 0.1) is 0 Å². The summed E-state index contributed by atoms with van der Waals surface area (Å²) in [6, 6.07) is 0.572. The van der Waals surface area contributed by atoms with Crippen LogP contribution in [0.1, 0.15) is 39.0 Å². The number of rotatable bonds is 7. The molecule has 0 saturated carbocycles. The van der Waals surface area contributed by atoms with Gasteiger partial charge in [-0.25, -0.2) is 4.98 Å². The average Bonchev–Trinajstić information content (AvgIpc) is 2.75. The molecule has 1 aromatic rings. The first-order valence-corrected chi connectivity index (χ1v) is 6.96. The van der Waals surface area contributed by atoms with Crippen LogP contribution in [0.5, 0.6) is 0 Å². The van der Waals surface area contributed by atoms with Gasteiger partial charge in [0, 0.05) is 30.2 Å². The molecule has 0 aliphatic heterocycles. The Morgan fingerprint density at radius 3 is 2.75 bits per heavy atom. The summed E-state index contributed by atoms with van der Waals surface area (Å²) in [5, 5.41) is 4.49. The van der Waals surface area contributed by atoms with Gasteiger partial charge < -0.3 is 10.2 Å². The molecule has 16 heavy (non-hydrogen) atoms. The minimum atomic E-state index is 0.572. The largest absolute Gasteiger partial charge is 0.346 e. The smallest absolute Gasteiger partial charge is 0.185 e. The van der Waals surface area contributed by atoms with Crippen LogP contribution in [0.15, 0.2) is 6.20 Å². The third-order valence-corrected chi connectivity index (χ3v) is 3.83. The molecule has 1 heterocycles. The molecule has 1 aromatic heterocycles. The molecule has 0 bridgehead atoms. The minimum absolute atomic E-state index is 0.572. The molecule has 1 rings (SSSR count). The molecule has 0 radical (unpaired) electrons. The van der Waals surface area contributed by atoms with E-state index in [4.69, 9.17) is 0 Å². The van der Waals surface area contributed by atoms with E-state index < -0.39 is 0 Å². The van der Waals surface area contributed by atoms with E-state index >= 15 is 0 Å². The molecular formula is C12H23N3S. The highest BCUT2D eigenvalue weighted by atomic mass is 32.1. The predicted octanol–water partition coefficient (Wildman–Crippen LogP) is 2.88. The summed E-state index contributed by atoms with van der Waals surface area (Å²) in [5.41, 5.74) is 0. The second-order valence-electron chi connectivity index (χ2n) is 3.93. The lowest BCUT2D eigenvalue weighted by molar-refractivity contribution is 0.628. The van der Waals surface area contributed by atoms with Crippen molar-refractivity contribution in [2.24, 2.45) is 0 Å². The van der Waals surface area contributed by atoms with E-state index in [1.807, 2.05) is 6.20 Å². The molecule has 0 saturated heterocycles. The zero-order chi connectivity index (χ0) is 12.0. The van der Waals surface area contributed by atoms with Crippen molar-refractivity contribution in [2.45, 2.75) is 46.7 Å². The minimum Gasteiger partial charge on any atom is -0.346 e. The molecule has 0 spiro atoms. The van der Waals surface area contributed by atoms with Crippen molar-refractivity contribution in [3.05, 3.63) is 11.1 Å². The Hall–Kier alpha value is -0.610. The fourth-order valence-electron chi connectivity index (χ4n) is 1.62. The highest BCUT2D eigenvalue weighted by molar-refractivity contribution is 7.15. The standard InChI is InChI=1S/C12H23N3S/c1-5-10(4)15(7-3)12-14-9-11(16-12)8-13-6-2/h9-10,13H,5-8H2,1-4H3. The summed E-state index contributed by atoms with van der Waals surface area (Å²) in [6.07, 6.45) is 3.16. The number of aromatic nitrogens is 1. The maximum Gasteiger partial charge on any atom is 0.185 e. The monoisotopic (exact) mass is 241 g/mol. The fourth-order valence-corrected chi connectivity index (χ4v) is 2.66. The molecule has 0 aromatic carbocycles. The quantitative estimate of drug-likeness (QED) is 0.795. The topological polar surface area (TPSA) is 28.2 Å². The second-order valence-corrected chi connectivity index (χ2v) is 5.03. The molecular weight excluding hydrogens is 218 g/mol. The van der Waals surface area contributed by atoms with Crippen LogP contribution in [-0.2, 0) is 6.54 Å². The van der Waals surface area contributed by atoms with E-state index in [1.54, 1.807) is 11.3 Å². The van der Waals surface area contributed by atoms with E-state index in [9.17, 15) is 0 Å². The average molecular weight is 241 g/mol. The summed E-state index contributed by atoms with van der Waals surface area (Å²) in [7, 11) is 0. The lowest BCUT2D eigenvalue weighted by atomic mass is 10.2. The first kappa shape index (κ1) is 13.5. The predicted molar refractivity (Wildman–Crippen MR) is 72.3 cm³/mol. The normalized spacial score (nSPS) is 12.8. The molecule has 1 atom stereocenters. The summed E-state index contributed by atoms with van der Waals surface area (Å²) in [5.74, 6) is 0. The van der Waals surface area contributed by atoms with Crippen LogP contribution in [0.4, 0.5) is 5.13 Å². The van der Waals surface area contributed by atoms with Gasteiger partial charge in [0.05, 0.1) is 0 Å². The zero-order valence-corrected chi connectivity index (χ0v) is 11.6. The van der Waals surface area contributed by atoms with Crippen molar-refractivity contribution < 1.29 is 0 Å². The number of nitrogens with one attached hydrogen (secondary N) is 1. The molecule has 0 amide bonds. The van der Waals surface area contributed by atoms with Crippen molar-refractivity contribution in [1.82, 2.24) is 10.3 Å². The number of nitrogens with zero attached hydrogens (tertiary/aromatic N) is 2. The summed E-state index contributed by atoms with van der Waals surface area (Å²) < 4.78 is 0. The van der Waals surface area contributed by atoms with Gasteiger partial charge in [-0.3, -0.25) is 0 Å². The maximum absolute atomic E-state index is 4.51. The van der Waals surface area contributed by atoms with Crippen LogP contribution >= 0.6 is 11.3 Å². The number of hydrogen-bond acceptors (Lipinski definition) is 4. The van der Waals surface area contributed by atoms with Crippen molar-refractivity contribution in [3.8, 4) is 0 Å². The molecule has 4 heteroatoms. The van der Waals surface area contributed by atoms with Gasteiger partial charge in [0.2, 0.25) is 0 Å². The van der Waals surface area contributed by atoms with Crippen LogP contribution in [0.3, 0.4) is 0 Å². The van der Waals surface area contributed by atoms with Crippen molar-refractivity contribution in [3.63, 3.8) is 0 Å². The molecule has 3 nitrogen and oxygen atoms in total. The summed E-state index contributed by atoms with van der Waals surface area (Å²) >= 11 is 1.80. The van der Waals surface area contributed by atoms with E-state index in [0.717, 1.165) is 31.2 Å². The lowest BCUT2D eigenvalue weighted by Crippen LogP contribution is -2.32. The Labute approximate surface area is 103 Å². The Kier molecular flexibility index (Phi) is 5.77. The number of thiazole rings is 1. The van der Waals surface area contributed by atoms with E-state index in [0.29, 0.717) is 6.04 Å². The Morgan fingerprint density at radius 1 is 1.44 bits per heavy atom. The first-order valence-electron chi connectivity index (χ1n) is 6.14. The van der Waals surface area contributed by atoms with Gasteiger partial charge in [-0.1, -0.05) is 13.8 Å². The van der Waals surface area contributed by atoms with Gasteiger partial charge >= 0.3 is 0 Å². The molecule has 92 valence electrons. The third-order valence-electron chi connectivity index (χ3n) is 2.80. The van der Waals surface area contributed by atoms with E-state index in [2.05, 4.69) is 42.9 Å². The van der Waals surface area contributed by atoms with Crippen molar-refractivity contribution in [1.29, 1.82) is 0 Å². The lowest BCUT2D eigenvalue weighted by Gasteiger charge is -2.26. The highest BCUT2D eigenvalue weighted by Gasteiger charge is 2.14. The van der Waals surface area contributed by atoms with Gasteiger partial charge in [-0.05, 0) is 26.8 Å². The van der Waals surface area contributed by atoms with Gasteiger partial charge in [0.1, 0.15) is 0 Å². The number of anilines is 1. The molecule has 0 aliphatic carbocycles. The fraction of sp³-hybridized carbons (Fsp3) is 0.750. The Morgan fingerprint density at radius 2 is 2.19 bits per heavy atom. The van der Waals surface area contributed by atoms with Crippen LogP contribution in [0.25, 0.3) is 0 Å². The zero-order valence-electron chi connectivity index (χ0n) is 10.8. The molecule has 1 N–H and O–H groups in total. The molecule has 0 fully saturated rings. The molecule has 1 unspecified atom stereocenters. The highest BCUT2D eigenvalue weighted by Crippen LogP contribution is 2.24. The van der Waals surface area contributed by atoms with Crippen LogP contribution in [0.2, 0.25) is 0 Å². The third kappa shape index (κ3) is 3.46. The van der Waals surface area contributed by atoms with Crippen LogP contribution < -0.4 is 10.2 Å². The Bertz CT molecular complexity index is 298. The van der Waals surface area contributed by atoms with Gasteiger partial charge in [-0.2, -0.15) is 0 Å². The van der Waals surface area contributed by atoms with Gasteiger partial charge in [0.25, 0.3) is 0 Å². The first-order chi connectivity index (χ1) is 7.72.